The van der Waals surface area contributed by atoms with E-state index in [2.05, 4.69) is 29.4 Å². The van der Waals surface area contributed by atoms with Gasteiger partial charge in [0.1, 0.15) is 11.5 Å². The van der Waals surface area contributed by atoms with Crippen molar-refractivity contribution in [1.82, 2.24) is 4.90 Å². The van der Waals surface area contributed by atoms with Gasteiger partial charge < -0.3 is 20.1 Å². The highest BCUT2D eigenvalue weighted by atomic mass is 16.5. The van der Waals surface area contributed by atoms with Crippen LogP contribution in [-0.2, 0) is 0 Å². The molecule has 1 fully saturated rings. The Labute approximate surface area is 213 Å². The van der Waals surface area contributed by atoms with Crippen LogP contribution in [0.3, 0.4) is 0 Å². The number of Topliss-reactive ketones (excluding diaryl/α,β-unsaturated/α-hetero) is 1. The van der Waals surface area contributed by atoms with Gasteiger partial charge in [0.2, 0.25) is 0 Å². The number of nitrogens with one attached hydrogen (secondary N) is 1. The molecule has 0 aliphatic carbocycles. The summed E-state index contributed by atoms with van der Waals surface area (Å²) in [6, 6.07) is 20.7. The summed E-state index contributed by atoms with van der Waals surface area (Å²) in [5.74, 6) is 1.46. The molecule has 0 spiro atoms. The summed E-state index contributed by atoms with van der Waals surface area (Å²) in [4.78, 5) is 24.5. The highest BCUT2D eigenvalue weighted by Crippen LogP contribution is 2.26. The van der Waals surface area contributed by atoms with E-state index in [1.165, 1.54) is 32.0 Å². The Morgan fingerprint density at radius 1 is 1.06 bits per heavy atom. The van der Waals surface area contributed by atoms with Crippen LogP contribution in [0.2, 0.25) is 0 Å². The number of hydrogen-bond donors (Lipinski definition) is 2. The number of hydrogen-bond acceptors (Lipinski definition) is 6. The van der Waals surface area contributed by atoms with Gasteiger partial charge in [-0.3, -0.25) is 9.59 Å². The summed E-state index contributed by atoms with van der Waals surface area (Å²) < 4.78 is 5.65. The van der Waals surface area contributed by atoms with E-state index in [0.717, 1.165) is 34.7 Å². The second-order valence-corrected chi connectivity index (χ2v) is 9.15. The Bertz CT molecular complexity index is 1140. The molecular formula is C30H36N2O4. The van der Waals surface area contributed by atoms with Crippen molar-refractivity contribution < 1.29 is 19.4 Å². The van der Waals surface area contributed by atoms with Gasteiger partial charge in [0.15, 0.2) is 12.1 Å². The van der Waals surface area contributed by atoms with Crippen LogP contribution in [0.4, 0.5) is 5.69 Å². The van der Waals surface area contributed by atoms with Gasteiger partial charge >= 0.3 is 0 Å². The van der Waals surface area contributed by atoms with E-state index in [1.54, 1.807) is 19.1 Å². The van der Waals surface area contributed by atoms with E-state index in [9.17, 15) is 14.7 Å². The van der Waals surface area contributed by atoms with E-state index < -0.39 is 0 Å². The number of carbonyl (C=O) groups is 2. The fraction of sp³-hybridized carbons (Fsp3) is 0.333. The standard InChI is InChI=1S/C15H21NO3.C15H15NO/c1-16-7-4-12(5-8-16)6-9-19-14-2-3-15(18)13(10-14)11-17;1-11(17)14-9-8-13(10-15(14)16-2)12-6-4-3-5-7-12/h2-3,10-12,18H,4-9H2,1H3;3-10,16H,1-2H3. The number of rotatable bonds is 8. The Balaban J connectivity index is 0.000000202. The molecule has 190 valence electrons. The molecule has 0 saturated carbocycles. The number of phenolic OH excluding ortho intramolecular Hbond substituents is 1. The zero-order valence-electron chi connectivity index (χ0n) is 21.4. The highest BCUT2D eigenvalue weighted by molar-refractivity contribution is 6.00. The number of aldehydes is 1. The Kier molecular flexibility index (Phi) is 10.1. The van der Waals surface area contributed by atoms with Crippen molar-refractivity contribution in [2.75, 3.05) is 39.1 Å². The van der Waals surface area contributed by atoms with Gasteiger partial charge in [-0.15, -0.1) is 0 Å². The fourth-order valence-electron chi connectivity index (χ4n) is 4.28. The number of ketones is 1. The molecule has 6 heteroatoms. The Hall–Kier alpha value is -3.64. The van der Waals surface area contributed by atoms with Gasteiger partial charge in [-0.2, -0.15) is 0 Å². The van der Waals surface area contributed by atoms with Gasteiger partial charge in [-0.1, -0.05) is 36.4 Å². The van der Waals surface area contributed by atoms with Crippen molar-refractivity contribution in [1.29, 1.82) is 0 Å². The molecular weight excluding hydrogens is 452 g/mol. The molecule has 3 aromatic rings. The lowest BCUT2D eigenvalue weighted by molar-refractivity contribution is 0.101. The van der Waals surface area contributed by atoms with Gasteiger partial charge in [-0.05, 0) is 93.7 Å². The molecule has 36 heavy (non-hydrogen) atoms. The lowest BCUT2D eigenvalue weighted by Gasteiger charge is -2.28. The van der Waals surface area contributed by atoms with Crippen molar-refractivity contribution in [3.63, 3.8) is 0 Å². The zero-order valence-corrected chi connectivity index (χ0v) is 21.4. The van der Waals surface area contributed by atoms with E-state index in [0.29, 0.717) is 18.6 Å². The molecule has 4 rings (SSSR count). The third-order valence-electron chi connectivity index (χ3n) is 6.53. The predicted octanol–water partition coefficient (Wildman–Crippen LogP) is 5.91. The van der Waals surface area contributed by atoms with Crippen LogP contribution in [0.1, 0.15) is 46.9 Å². The number of anilines is 1. The largest absolute Gasteiger partial charge is 0.507 e. The quantitative estimate of drug-likeness (QED) is 0.303. The van der Waals surface area contributed by atoms with Crippen molar-refractivity contribution in [2.45, 2.75) is 26.2 Å². The number of benzene rings is 3. The normalized spacial score (nSPS) is 13.9. The molecule has 2 N–H and O–H groups in total. The van der Waals surface area contributed by atoms with E-state index in [1.807, 2.05) is 43.4 Å². The van der Waals surface area contributed by atoms with Crippen LogP contribution >= 0.6 is 0 Å². The molecule has 0 aromatic heterocycles. The average molecular weight is 489 g/mol. The maximum Gasteiger partial charge on any atom is 0.161 e. The SMILES string of the molecule is CN1CCC(CCOc2ccc(O)c(C=O)c2)CC1.CNc1cc(-c2ccccc2)ccc1C(C)=O. The number of nitrogens with zero attached hydrogens (tertiary/aromatic N) is 1. The molecule has 1 heterocycles. The number of aromatic hydroxyl groups is 1. The maximum absolute atomic E-state index is 11.4. The van der Waals surface area contributed by atoms with Crippen LogP contribution in [0, 0.1) is 5.92 Å². The first-order valence-electron chi connectivity index (χ1n) is 12.4. The molecule has 0 unspecified atom stereocenters. The summed E-state index contributed by atoms with van der Waals surface area (Å²) in [6.07, 6.45) is 4.15. The van der Waals surface area contributed by atoms with E-state index >= 15 is 0 Å². The van der Waals surface area contributed by atoms with Crippen LogP contribution in [0.25, 0.3) is 11.1 Å². The molecule has 6 nitrogen and oxygen atoms in total. The fourth-order valence-corrected chi connectivity index (χ4v) is 4.28. The van der Waals surface area contributed by atoms with Crippen LogP contribution in [0.5, 0.6) is 11.5 Å². The first kappa shape index (κ1) is 27.0. The molecule has 1 aliphatic rings. The summed E-state index contributed by atoms with van der Waals surface area (Å²) in [7, 11) is 3.99. The highest BCUT2D eigenvalue weighted by Gasteiger charge is 2.16. The number of piperidine rings is 1. The number of ether oxygens (including phenoxy) is 1. The Morgan fingerprint density at radius 2 is 1.78 bits per heavy atom. The van der Waals surface area contributed by atoms with Crippen LogP contribution in [-0.4, -0.2) is 55.9 Å². The average Bonchev–Trinajstić information content (AvgIpc) is 2.91. The minimum atomic E-state index is -0.00216. The summed E-state index contributed by atoms with van der Waals surface area (Å²) in [6.45, 7) is 4.58. The molecule has 0 bridgehead atoms. The maximum atomic E-state index is 11.4. The first-order valence-corrected chi connectivity index (χ1v) is 12.4. The zero-order chi connectivity index (χ0) is 25.9. The number of phenols is 1. The summed E-state index contributed by atoms with van der Waals surface area (Å²) in [5.41, 5.74) is 4.14. The van der Waals surface area contributed by atoms with Crippen molar-refractivity contribution >= 4 is 17.8 Å². The molecule has 0 radical (unpaired) electrons. The van der Waals surface area contributed by atoms with Crippen molar-refractivity contribution in [2.24, 2.45) is 5.92 Å². The number of carbonyl (C=O) groups excluding carboxylic acids is 2. The summed E-state index contributed by atoms with van der Waals surface area (Å²) in [5, 5.41) is 12.5. The van der Waals surface area contributed by atoms with Crippen LogP contribution < -0.4 is 10.1 Å². The molecule has 1 saturated heterocycles. The molecule has 0 amide bonds. The van der Waals surface area contributed by atoms with Crippen LogP contribution in [0.15, 0.2) is 66.7 Å². The molecule has 1 aliphatic heterocycles. The minimum Gasteiger partial charge on any atom is -0.507 e. The van der Waals surface area contributed by atoms with Crippen molar-refractivity contribution in [3.05, 3.63) is 77.9 Å². The smallest absolute Gasteiger partial charge is 0.161 e. The van der Waals surface area contributed by atoms with Crippen molar-refractivity contribution in [3.8, 4) is 22.6 Å². The third kappa shape index (κ3) is 7.68. The summed E-state index contributed by atoms with van der Waals surface area (Å²) >= 11 is 0. The predicted molar refractivity (Wildman–Crippen MR) is 145 cm³/mol. The lowest BCUT2D eigenvalue weighted by atomic mass is 9.94. The second kappa shape index (κ2) is 13.4. The Morgan fingerprint density at radius 3 is 2.42 bits per heavy atom. The van der Waals surface area contributed by atoms with E-state index in [-0.39, 0.29) is 17.1 Å². The lowest BCUT2D eigenvalue weighted by Crippen LogP contribution is -2.30. The van der Waals surface area contributed by atoms with Gasteiger partial charge in [0, 0.05) is 18.3 Å². The number of likely N-dealkylation sites (tertiary alicyclic amines) is 1. The van der Waals surface area contributed by atoms with Gasteiger partial charge in [0.05, 0.1) is 12.2 Å². The third-order valence-corrected chi connectivity index (χ3v) is 6.53. The first-order chi connectivity index (χ1) is 17.4. The monoisotopic (exact) mass is 488 g/mol. The van der Waals surface area contributed by atoms with E-state index in [4.69, 9.17) is 4.74 Å². The van der Waals surface area contributed by atoms with Gasteiger partial charge in [-0.25, -0.2) is 0 Å². The minimum absolute atomic E-state index is 0.00216. The molecule has 3 aromatic carbocycles. The second-order valence-electron chi connectivity index (χ2n) is 9.15. The topological polar surface area (TPSA) is 78.9 Å². The molecule has 0 atom stereocenters. The van der Waals surface area contributed by atoms with Gasteiger partial charge in [0.25, 0.3) is 0 Å².